The number of methoxy groups -OCH3 is 2. The average molecular weight is 249 g/mol. The van der Waals surface area contributed by atoms with Crippen LogP contribution in [0.4, 0.5) is 0 Å². The Morgan fingerprint density at radius 3 is 1.88 bits per heavy atom. The molecule has 5 nitrogen and oxygen atoms in total. The second kappa shape index (κ2) is 7.03. The fourth-order valence-corrected chi connectivity index (χ4v) is 1.20. The zero-order valence-electron chi connectivity index (χ0n) is 9.67. The second-order valence-electron chi connectivity index (χ2n) is 3.15. The van der Waals surface area contributed by atoms with Gasteiger partial charge in [-0.2, -0.15) is 0 Å². The lowest BCUT2D eigenvalue weighted by molar-refractivity contribution is -0.801. The van der Waals surface area contributed by atoms with Crippen LogP contribution in [0.15, 0.2) is 22.9 Å². The zero-order valence-corrected chi connectivity index (χ0v) is 10.4. The maximum absolute atomic E-state index is 11.2. The third-order valence-corrected chi connectivity index (χ3v) is 1.74. The van der Waals surface area contributed by atoms with Crippen LogP contribution in [-0.2, 0) is 19.1 Å². The summed E-state index contributed by atoms with van der Waals surface area (Å²) in [6.45, 7) is 0. The van der Waals surface area contributed by atoms with Crippen molar-refractivity contribution in [3.8, 4) is 0 Å². The van der Waals surface area contributed by atoms with Crippen LogP contribution in [0.25, 0.3) is 0 Å². The molecule has 90 valence electrons. The molecule has 1 N–H and O–H groups in total. The Hall–Kier alpha value is -1.33. The first-order chi connectivity index (χ1) is 7.42. The SMILES string of the molecule is COC(=O)C(=CC(Cl)=C[NH+](C)C)C(=O)OC. The van der Waals surface area contributed by atoms with Gasteiger partial charge in [0.15, 0.2) is 0 Å². The summed E-state index contributed by atoms with van der Waals surface area (Å²) in [6, 6.07) is 0. The van der Waals surface area contributed by atoms with E-state index in [1.807, 2.05) is 14.1 Å². The smallest absolute Gasteiger partial charge is 0.345 e. The molecule has 0 aliphatic heterocycles. The van der Waals surface area contributed by atoms with Crippen LogP contribution < -0.4 is 4.90 Å². The normalized spacial score (nSPS) is 11.0. The number of hydrogen-bond donors (Lipinski definition) is 1. The zero-order chi connectivity index (χ0) is 12.7. The maximum atomic E-state index is 11.2. The van der Waals surface area contributed by atoms with Crippen LogP contribution in [0.3, 0.4) is 0 Å². The molecule has 0 bridgehead atoms. The predicted molar refractivity (Wildman–Crippen MR) is 58.9 cm³/mol. The first-order valence-corrected chi connectivity index (χ1v) is 4.85. The van der Waals surface area contributed by atoms with E-state index in [4.69, 9.17) is 11.6 Å². The molecule has 0 saturated heterocycles. The number of allylic oxidation sites excluding steroid dienone is 2. The lowest BCUT2D eigenvalue weighted by Crippen LogP contribution is -3.00. The first-order valence-electron chi connectivity index (χ1n) is 4.48. The Morgan fingerprint density at radius 1 is 1.12 bits per heavy atom. The van der Waals surface area contributed by atoms with Crippen LogP contribution >= 0.6 is 11.6 Å². The van der Waals surface area contributed by atoms with Crippen molar-refractivity contribution in [1.82, 2.24) is 0 Å². The van der Waals surface area contributed by atoms with Crippen LogP contribution in [0, 0.1) is 0 Å². The fraction of sp³-hybridized carbons (Fsp3) is 0.400. The molecule has 0 fully saturated rings. The Balaban J connectivity index is 5.11. The van der Waals surface area contributed by atoms with Gasteiger partial charge < -0.3 is 14.4 Å². The van der Waals surface area contributed by atoms with Crippen LogP contribution in [0.5, 0.6) is 0 Å². The monoisotopic (exact) mass is 248 g/mol. The number of nitrogens with one attached hydrogen (secondary N) is 1. The van der Waals surface area contributed by atoms with Crippen molar-refractivity contribution < 1.29 is 24.0 Å². The minimum atomic E-state index is -0.785. The summed E-state index contributed by atoms with van der Waals surface area (Å²) < 4.78 is 8.88. The van der Waals surface area contributed by atoms with Crippen LogP contribution in [0.2, 0.25) is 0 Å². The van der Waals surface area contributed by atoms with Crippen molar-refractivity contribution in [2.24, 2.45) is 0 Å². The van der Waals surface area contributed by atoms with Gasteiger partial charge >= 0.3 is 11.9 Å². The van der Waals surface area contributed by atoms with Gasteiger partial charge in [0, 0.05) is 0 Å². The van der Waals surface area contributed by atoms with E-state index >= 15 is 0 Å². The molecule has 6 heteroatoms. The summed E-state index contributed by atoms with van der Waals surface area (Å²) in [4.78, 5) is 23.4. The number of carbonyl (C=O) groups is 2. The second-order valence-corrected chi connectivity index (χ2v) is 3.58. The summed E-state index contributed by atoms with van der Waals surface area (Å²) in [6.07, 6.45) is 2.83. The number of hydrogen-bond acceptors (Lipinski definition) is 4. The molecule has 0 radical (unpaired) electrons. The van der Waals surface area contributed by atoms with E-state index in [9.17, 15) is 9.59 Å². The molecule has 0 aromatic rings. The number of halogens is 1. The highest BCUT2D eigenvalue weighted by atomic mass is 35.5. The Morgan fingerprint density at radius 2 is 1.56 bits per heavy atom. The van der Waals surface area contributed by atoms with E-state index < -0.39 is 11.9 Å². The van der Waals surface area contributed by atoms with Crippen molar-refractivity contribution in [3.05, 3.63) is 22.9 Å². The van der Waals surface area contributed by atoms with Gasteiger partial charge in [-0.05, 0) is 6.08 Å². The molecule has 16 heavy (non-hydrogen) atoms. The fourth-order valence-electron chi connectivity index (χ4n) is 0.876. The van der Waals surface area contributed by atoms with Gasteiger partial charge in [0.2, 0.25) is 0 Å². The van der Waals surface area contributed by atoms with E-state index in [-0.39, 0.29) is 10.6 Å². The van der Waals surface area contributed by atoms with E-state index in [2.05, 4.69) is 9.47 Å². The van der Waals surface area contributed by atoms with E-state index in [1.165, 1.54) is 20.3 Å². The Kier molecular flexibility index (Phi) is 6.44. The molecule has 0 amide bonds. The number of rotatable bonds is 4. The lowest BCUT2D eigenvalue weighted by Gasteiger charge is -2.03. The maximum Gasteiger partial charge on any atom is 0.345 e. The highest BCUT2D eigenvalue weighted by Gasteiger charge is 2.20. The molecule has 0 aromatic heterocycles. The largest absolute Gasteiger partial charge is 0.465 e. The molecule has 0 unspecified atom stereocenters. The summed E-state index contributed by atoms with van der Waals surface area (Å²) in [5.41, 5.74) is -0.243. The summed E-state index contributed by atoms with van der Waals surface area (Å²) >= 11 is 5.82. The highest BCUT2D eigenvalue weighted by molar-refractivity contribution is 6.32. The molecule has 0 heterocycles. The van der Waals surface area contributed by atoms with Gasteiger partial charge in [-0.1, -0.05) is 11.6 Å². The molecule has 0 rings (SSSR count). The summed E-state index contributed by atoms with van der Waals surface area (Å²) in [7, 11) is 6.03. The third kappa shape index (κ3) is 4.95. The quantitative estimate of drug-likeness (QED) is 0.239. The van der Waals surface area contributed by atoms with E-state index in [1.54, 1.807) is 6.20 Å². The van der Waals surface area contributed by atoms with Gasteiger partial charge in [-0.3, -0.25) is 0 Å². The molecule has 0 spiro atoms. The Bertz CT molecular complexity index is 316. The van der Waals surface area contributed by atoms with Gasteiger partial charge in [0.1, 0.15) is 11.8 Å². The van der Waals surface area contributed by atoms with Crippen molar-refractivity contribution in [2.75, 3.05) is 28.3 Å². The molecular weight excluding hydrogens is 234 g/mol. The summed E-state index contributed by atoms with van der Waals surface area (Å²) in [5.74, 6) is -1.57. The molecule has 0 aliphatic carbocycles. The van der Waals surface area contributed by atoms with Crippen molar-refractivity contribution in [2.45, 2.75) is 0 Å². The topological polar surface area (TPSA) is 57.0 Å². The van der Waals surface area contributed by atoms with E-state index in [0.717, 1.165) is 4.90 Å². The number of ether oxygens (including phenoxy) is 2. The van der Waals surface area contributed by atoms with Gasteiger partial charge in [0.05, 0.1) is 33.3 Å². The van der Waals surface area contributed by atoms with Crippen LogP contribution in [-0.4, -0.2) is 40.3 Å². The standard InChI is InChI=1S/C10H14ClNO4/c1-12(2)6-7(11)5-8(9(13)15-3)10(14)16-4/h5-6H,1-4H3/p+1. The molecule has 0 aromatic carbocycles. The highest BCUT2D eigenvalue weighted by Crippen LogP contribution is 2.08. The minimum absolute atomic E-state index is 0.243. The molecule has 0 atom stereocenters. The van der Waals surface area contributed by atoms with Crippen molar-refractivity contribution in [3.63, 3.8) is 0 Å². The van der Waals surface area contributed by atoms with Crippen molar-refractivity contribution >= 4 is 23.5 Å². The number of quaternary nitrogens is 1. The molecule has 0 aliphatic rings. The lowest BCUT2D eigenvalue weighted by atomic mass is 10.2. The predicted octanol–water partition coefficient (Wildman–Crippen LogP) is -0.516. The van der Waals surface area contributed by atoms with Gasteiger partial charge in [-0.15, -0.1) is 0 Å². The van der Waals surface area contributed by atoms with Gasteiger partial charge in [0.25, 0.3) is 0 Å². The third-order valence-electron chi connectivity index (χ3n) is 1.52. The van der Waals surface area contributed by atoms with Gasteiger partial charge in [-0.25, -0.2) is 9.59 Å². The Labute approximate surface area is 99.3 Å². The minimum Gasteiger partial charge on any atom is -0.465 e. The first kappa shape index (κ1) is 14.7. The average Bonchev–Trinajstić information content (AvgIpc) is 2.22. The number of carbonyl (C=O) groups excluding carboxylic acids is 2. The van der Waals surface area contributed by atoms with Crippen molar-refractivity contribution in [1.29, 1.82) is 0 Å². The summed E-state index contributed by atoms with van der Waals surface area (Å²) in [5, 5.41) is 0.255. The number of esters is 2. The molecule has 0 saturated carbocycles. The molecular formula is C10H15ClNO4+. The van der Waals surface area contributed by atoms with Crippen LogP contribution in [0.1, 0.15) is 0 Å². The van der Waals surface area contributed by atoms with E-state index in [0.29, 0.717) is 0 Å².